The van der Waals surface area contributed by atoms with Crippen LogP contribution in [0.1, 0.15) is 11.1 Å². The second kappa shape index (κ2) is 3.91. The van der Waals surface area contributed by atoms with E-state index in [-0.39, 0.29) is 0 Å². The van der Waals surface area contributed by atoms with E-state index in [2.05, 4.69) is 31.2 Å². The van der Waals surface area contributed by atoms with Crippen molar-refractivity contribution in [2.75, 3.05) is 20.1 Å². The summed E-state index contributed by atoms with van der Waals surface area (Å²) in [6, 6.07) is 8.30. The first-order chi connectivity index (χ1) is 8.22. The number of benzene rings is 1. The maximum Gasteiger partial charge on any atom is 0.235 e. The van der Waals surface area contributed by atoms with Crippen molar-refractivity contribution in [1.82, 2.24) is 0 Å². The number of thiocarbonyl (C=S) groups is 1. The Labute approximate surface area is 106 Å². The summed E-state index contributed by atoms with van der Waals surface area (Å²) < 4.78 is 11.5. The van der Waals surface area contributed by atoms with Crippen LogP contribution in [0.15, 0.2) is 36.2 Å². The van der Waals surface area contributed by atoms with E-state index in [0.717, 1.165) is 16.2 Å². The molecule has 2 aliphatic rings. The molecule has 0 bridgehead atoms. The number of quaternary nitrogens is 1. The molecule has 0 spiro atoms. The van der Waals surface area contributed by atoms with Gasteiger partial charge in [0.15, 0.2) is 12.4 Å². The predicted molar refractivity (Wildman–Crippen MR) is 68.0 cm³/mol. The van der Waals surface area contributed by atoms with Gasteiger partial charge in [-0.1, -0.05) is 17.7 Å². The number of ether oxygens (including phenoxy) is 2. The molecule has 0 radical (unpaired) electrons. The molecule has 0 aliphatic carbocycles. The number of rotatable bonds is 1. The van der Waals surface area contributed by atoms with Crippen molar-refractivity contribution < 1.29 is 14.0 Å². The zero-order valence-electron chi connectivity index (χ0n) is 9.68. The number of fused-ring (bicyclic) bond motifs is 1. The Kier molecular flexibility index (Phi) is 2.50. The molecule has 1 aromatic carbocycles. The predicted octanol–water partition coefficient (Wildman–Crippen LogP) is 2.30. The fourth-order valence-electron chi connectivity index (χ4n) is 2.22. The fraction of sp³-hybridized carbons (Fsp3) is 0.308. The normalized spacial score (nSPS) is 26.3. The van der Waals surface area contributed by atoms with Crippen molar-refractivity contribution in [3.8, 4) is 0 Å². The number of nitrogens with zero attached hydrogens (tertiary/aromatic N) is 1. The fourth-order valence-corrected chi connectivity index (χ4v) is 2.58. The highest BCUT2D eigenvalue weighted by Crippen LogP contribution is 2.33. The maximum absolute atomic E-state index is 5.62. The van der Waals surface area contributed by atoms with E-state index >= 15 is 0 Å². The maximum atomic E-state index is 5.62. The summed E-state index contributed by atoms with van der Waals surface area (Å²) >= 11 is 5.62. The molecule has 1 saturated heterocycles. The second-order valence-electron chi connectivity index (χ2n) is 4.52. The highest BCUT2D eigenvalue weighted by molar-refractivity contribution is 7.80. The molecule has 0 N–H and O–H groups in total. The third kappa shape index (κ3) is 1.60. The molecule has 1 unspecified atom stereocenters. The SMILES string of the molecule is Cc1ccc(C(=S)[N+]23COC=C2COC3)cc1. The zero-order chi connectivity index (χ0) is 11.9. The third-order valence-electron chi connectivity index (χ3n) is 3.31. The van der Waals surface area contributed by atoms with Gasteiger partial charge in [0, 0.05) is 5.56 Å². The molecule has 4 heteroatoms. The van der Waals surface area contributed by atoms with Gasteiger partial charge in [-0.05, 0) is 31.3 Å². The van der Waals surface area contributed by atoms with Gasteiger partial charge in [-0.15, -0.1) is 0 Å². The van der Waals surface area contributed by atoms with Crippen molar-refractivity contribution in [3.05, 3.63) is 47.4 Å². The van der Waals surface area contributed by atoms with E-state index in [4.69, 9.17) is 21.7 Å². The Balaban J connectivity index is 1.97. The van der Waals surface area contributed by atoms with Crippen LogP contribution in [0.2, 0.25) is 0 Å². The van der Waals surface area contributed by atoms with Crippen molar-refractivity contribution in [2.24, 2.45) is 0 Å². The summed E-state index contributed by atoms with van der Waals surface area (Å²) in [5.74, 6) is 0. The smallest absolute Gasteiger partial charge is 0.235 e. The largest absolute Gasteiger partial charge is 0.446 e. The lowest BCUT2D eigenvalue weighted by Gasteiger charge is -2.26. The van der Waals surface area contributed by atoms with Gasteiger partial charge < -0.3 is 9.47 Å². The van der Waals surface area contributed by atoms with Crippen LogP contribution in [0.3, 0.4) is 0 Å². The van der Waals surface area contributed by atoms with Crippen molar-refractivity contribution in [2.45, 2.75) is 6.92 Å². The molecule has 0 saturated carbocycles. The Hall–Kier alpha value is -1.23. The van der Waals surface area contributed by atoms with Crippen LogP contribution in [0.25, 0.3) is 0 Å². The van der Waals surface area contributed by atoms with Gasteiger partial charge in [-0.25, -0.2) is 0 Å². The Bertz CT molecular complexity index is 495. The molecule has 1 atom stereocenters. The molecule has 2 aliphatic heterocycles. The summed E-state index contributed by atoms with van der Waals surface area (Å²) in [5, 5.41) is 0. The van der Waals surface area contributed by atoms with Crippen molar-refractivity contribution in [3.63, 3.8) is 0 Å². The average Bonchev–Trinajstić information content (AvgIpc) is 2.88. The third-order valence-corrected chi connectivity index (χ3v) is 3.90. The summed E-state index contributed by atoms with van der Waals surface area (Å²) in [5.41, 5.74) is 3.44. The number of hydrogen-bond acceptors (Lipinski definition) is 3. The Morgan fingerprint density at radius 3 is 2.76 bits per heavy atom. The van der Waals surface area contributed by atoms with E-state index in [1.807, 2.05) is 0 Å². The minimum Gasteiger partial charge on any atom is -0.446 e. The summed E-state index contributed by atoms with van der Waals surface area (Å²) in [6.07, 6.45) is 1.79. The second-order valence-corrected chi connectivity index (χ2v) is 4.91. The molecule has 1 aromatic rings. The summed E-state index contributed by atoms with van der Waals surface area (Å²) in [4.78, 5) is 0.881. The van der Waals surface area contributed by atoms with Crippen LogP contribution in [0.5, 0.6) is 0 Å². The highest BCUT2D eigenvalue weighted by Gasteiger charge is 2.47. The van der Waals surface area contributed by atoms with Gasteiger partial charge in [0.2, 0.25) is 11.7 Å². The minimum absolute atomic E-state index is 0.540. The lowest BCUT2D eigenvalue weighted by molar-refractivity contribution is -0.811. The topological polar surface area (TPSA) is 18.5 Å². The van der Waals surface area contributed by atoms with E-state index < -0.39 is 0 Å². The van der Waals surface area contributed by atoms with Gasteiger partial charge in [0.1, 0.15) is 12.9 Å². The van der Waals surface area contributed by atoms with Crippen LogP contribution in [-0.2, 0) is 9.47 Å². The number of aryl methyl sites for hydroxylation is 1. The van der Waals surface area contributed by atoms with E-state index in [1.165, 1.54) is 5.56 Å². The van der Waals surface area contributed by atoms with Crippen LogP contribution in [0.4, 0.5) is 0 Å². The molecular formula is C13H14NO2S+. The molecule has 1 fully saturated rings. The van der Waals surface area contributed by atoms with Crippen molar-refractivity contribution in [1.29, 1.82) is 0 Å². The first-order valence-corrected chi connectivity index (χ1v) is 6.01. The van der Waals surface area contributed by atoms with Crippen LogP contribution in [0, 0.1) is 6.92 Å². The van der Waals surface area contributed by atoms with E-state index in [9.17, 15) is 0 Å². The molecule has 17 heavy (non-hydrogen) atoms. The molecule has 0 amide bonds. The van der Waals surface area contributed by atoms with Crippen molar-refractivity contribution >= 4 is 17.2 Å². The minimum atomic E-state index is 0.540. The highest BCUT2D eigenvalue weighted by atomic mass is 32.1. The Morgan fingerprint density at radius 1 is 1.24 bits per heavy atom. The molecule has 3 rings (SSSR count). The van der Waals surface area contributed by atoms with Crippen LogP contribution >= 0.6 is 12.2 Å². The van der Waals surface area contributed by atoms with Gasteiger partial charge in [0.05, 0.1) is 0 Å². The first kappa shape index (κ1) is 10.9. The average molecular weight is 248 g/mol. The number of hydrogen-bond donors (Lipinski definition) is 0. The van der Waals surface area contributed by atoms with Crippen LogP contribution < -0.4 is 0 Å². The molecule has 88 valence electrons. The lowest BCUT2D eigenvalue weighted by Crippen LogP contribution is -2.47. The van der Waals surface area contributed by atoms with Crippen LogP contribution in [-0.4, -0.2) is 29.5 Å². The molecule has 3 nitrogen and oxygen atoms in total. The summed E-state index contributed by atoms with van der Waals surface area (Å²) in [7, 11) is 0. The molecule has 2 heterocycles. The standard InChI is InChI=1S/C13H14NO2S/c1-10-2-4-11(5-3-10)13(17)14-8-15-6-12(14)7-16-9-14/h2-6H,7-9H2,1H3/q+1. The summed E-state index contributed by atoms with van der Waals surface area (Å²) in [6.45, 7) is 3.83. The first-order valence-electron chi connectivity index (χ1n) is 5.60. The Morgan fingerprint density at radius 2 is 2.00 bits per heavy atom. The molecule has 0 aromatic heterocycles. The van der Waals surface area contributed by atoms with Gasteiger partial charge >= 0.3 is 0 Å². The lowest BCUT2D eigenvalue weighted by atomic mass is 10.1. The monoisotopic (exact) mass is 248 g/mol. The van der Waals surface area contributed by atoms with E-state index in [0.29, 0.717) is 24.6 Å². The van der Waals surface area contributed by atoms with Gasteiger partial charge in [-0.2, -0.15) is 4.48 Å². The zero-order valence-corrected chi connectivity index (χ0v) is 10.5. The van der Waals surface area contributed by atoms with Gasteiger partial charge in [0.25, 0.3) is 0 Å². The van der Waals surface area contributed by atoms with Gasteiger partial charge in [-0.3, -0.25) is 0 Å². The molecular weight excluding hydrogens is 234 g/mol. The van der Waals surface area contributed by atoms with E-state index in [1.54, 1.807) is 6.26 Å². The quantitative estimate of drug-likeness (QED) is 0.561.